The second-order valence-corrected chi connectivity index (χ2v) is 25.7. The Kier molecular flexibility index (Phi) is 33.0. The third-order valence-electron chi connectivity index (χ3n) is 17.8. The quantitative estimate of drug-likeness (QED) is 0.0246. The summed E-state index contributed by atoms with van der Waals surface area (Å²) < 4.78 is 114. The lowest BCUT2D eigenvalue weighted by molar-refractivity contribution is -0.272. The predicted octanol–water partition coefficient (Wildman–Crippen LogP) is 14.5. The molecule has 9 rings (SSSR count). The largest absolute Gasteiger partial charge is 0.418 e. The number of Topliss-reactive ketones (excluding diaryl/α,β-unsaturated/α-hetero) is 1. The van der Waals surface area contributed by atoms with Gasteiger partial charge in [0.2, 0.25) is 0 Å². The topological polar surface area (TPSA) is 214 Å². The van der Waals surface area contributed by atoms with Gasteiger partial charge in [-0.05, 0) is 109 Å². The van der Waals surface area contributed by atoms with Crippen LogP contribution in [0.2, 0.25) is 0 Å². The molecule has 102 heavy (non-hydrogen) atoms. The third kappa shape index (κ3) is 25.7. The van der Waals surface area contributed by atoms with Crippen molar-refractivity contribution in [1.29, 1.82) is 0 Å². The number of hydrogen-bond acceptors (Lipinski definition) is 13. The van der Waals surface area contributed by atoms with Crippen LogP contribution in [0.3, 0.4) is 0 Å². The molecule has 1 aliphatic rings. The van der Waals surface area contributed by atoms with Crippen LogP contribution in [0.4, 0.5) is 39.5 Å². The maximum atomic E-state index is 13.2. The average molecular weight is 1450 g/mol. The zero-order valence-electron chi connectivity index (χ0n) is 59.1. The van der Waals surface area contributed by atoms with Gasteiger partial charge in [-0.15, -0.1) is 12.4 Å². The van der Waals surface area contributed by atoms with E-state index in [0.717, 1.165) is 63.5 Å². The predicted molar refractivity (Wildman–Crippen MR) is 379 cm³/mol. The number of carbonyl (C=O) groups is 3. The van der Waals surface area contributed by atoms with E-state index in [4.69, 9.17) is 15.7 Å². The summed E-state index contributed by atoms with van der Waals surface area (Å²) in [4.78, 5) is 58.9. The summed E-state index contributed by atoms with van der Waals surface area (Å²) in [6, 6.07) is 55.3. The Morgan fingerprint density at radius 1 is 0.549 bits per heavy atom. The van der Waals surface area contributed by atoms with Gasteiger partial charge in [0.05, 0.1) is 42.7 Å². The Hall–Kier alpha value is -8.11. The Labute approximate surface area is 597 Å². The van der Waals surface area contributed by atoms with E-state index in [0.29, 0.717) is 57.1 Å². The van der Waals surface area contributed by atoms with Crippen LogP contribution in [0.1, 0.15) is 131 Å². The lowest BCUT2D eigenvalue weighted by Crippen LogP contribution is -2.57. The molecule has 2 heterocycles. The van der Waals surface area contributed by atoms with E-state index in [1.165, 1.54) is 47.5 Å². The molecule has 8 aromatic rings. The molecule has 8 atom stereocenters. The molecule has 0 aliphatic heterocycles. The highest BCUT2D eigenvalue weighted by molar-refractivity contribution is 6.04. The fraction of sp³-hybridized carbons (Fsp3) is 0.408. The summed E-state index contributed by atoms with van der Waals surface area (Å²) in [5.41, 5.74) is 4.48. The number of benzene rings is 6. The van der Waals surface area contributed by atoms with Gasteiger partial charge < -0.3 is 31.4 Å². The van der Waals surface area contributed by atoms with Crippen molar-refractivity contribution in [2.45, 2.75) is 186 Å². The Balaban J connectivity index is 0.000000275. The van der Waals surface area contributed by atoms with Crippen LogP contribution in [0.25, 0.3) is 11.2 Å². The number of alkyl halides is 9. The smallest absolute Gasteiger partial charge is 0.379 e. The second-order valence-electron chi connectivity index (χ2n) is 25.7. The summed E-state index contributed by atoms with van der Waals surface area (Å²) in [7, 11) is 3.14. The number of amides is 2. The Bertz CT molecular complexity index is 3640. The van der Waals surface area contributed by atoms with Crippen LogP contribution in [0.15, 0.2) is 194 Å². The number of H-pyrrole nitrogens is 1. The van der Waals surface area contributed by atoms with Gasteiger partial charge in [0.15, 0.2) is 22.5 Å². The zero-order valence-corrected chi connectivity index (χ0v) is 60.0. The van der Waals surface area contributed by atoms with E-state index in [1.807, 2.05) is 147 Å². The molecule has 0 bridgehead atoms. The highest BCUT2D eigenvalue weighted by atomic mass is 35.5. The molecular weight excluding hydrogens is 1360 g/mol. The number of ketones is 1. The van der Waals surface area contributed by atoms with Crippen LogP contribution in [-0.2, 0) is 53.7 Å². The molecule has 26 heteroatoms. The lowest BCUT2D eigenvalue weighted by Gasteiger charge is -2.40. The maximum Gasteiger partial charge on any atom is 0.418 e. The number of fused-ring (bicyclic) bond motifs is 1. The molecule has 1 aliphatic carbocycles. The van der Waals surface area contributed by atoms with Crippen molar-refractivity contribution < 1.29 is 74.1 Å². The van der Waals surface area contributed by atoms with Crippen LogP contribution in [0, 0.1) is 0 Å². The third-order valence-corrected chi connectivity index (χ3v) is 17.8. The van der Waals surface area contributed by atoms with E-state index >= 15 is 0 Å². The molecule has 2 aromatic heterocycles. The Morgan fingerprint density at radius 2 is 0.873 bits per heavy atom. The molecule has 6 aromatic carbocycles. The van der Waals surface area contributed by atoms with Crippen molar-refractivity contribution in [3.63, 3.8) is 0 Å². The van der Waals surface area contributed by atoms with Crippen LogP contribution < -0.4 is 11.1 Å². The van der Waals surface area contributed by atoms with Crippen molar-refractivity contribution in [3.05, 3.63) is 239 Å². The average Bonchev–Trinajstić information content (AvgIpc) is 1.57. The fourth-order valence-corrected chi connectivity index (χ4v) is 9.83. The number of aromatic amines is 1. The van der Waals surface area contributed by atoms with Crippen LogP contribution in [-0.4, -0.2) is 147 Å². The van der Waals surface area contributed by atoms with Gasteiger partial charge in [0, 0.05) is 70.5 Å². The van der Waals surface area contributed by atoms with E-state index in [-0.39, 0.29) is 41.7 Å². The highest BCUT2D eigenvalue weighted by Crippen LogP contribution is 2.40. The van der Waals surface area contributed by atoms with E-state index in [1.54, 1.807) is 25.1 Å². The van der Waals surface area contributed by atoms with Crippen molar-refractivity contribution in [2.24, 2.45) is 5.73 Å². The minimum absolute atomic E-state index is 0. The van der Waals surface area contributed by atoms with E-state index in [9.17, 15) is 64.1 Å². The van der Waals surface area contributed by atoms with Crippen molar-refractivity contribution in [3.8, 4) is 0 Å². The number of nitrogens with zero attached hydrogens (tertiary/aromatic N) is 6. The Morgan fingerprint density at radius 3 is 1.16 bits per heavy atom. The summed E-state index contributed by atoms with van der Waals surface area (Å²) in [6.07, 6.45) is -9.20. The van der Waals surface area contributed by atoms with Crippen LogP contribution in [0.5, 0.6) is 0 Å². The zero-order chi connectivity index (χ0) is 75.1. The molecule has 16 nitrogen and oxygen atoms in total. The molecule has 1 saturated carbocycles. The second kappa shape index (κ2) is 39.0. The summed E-state index contributed by atoms with van der Waals surface area (Å²) in [6.45, 7) is 14.9. The minimum atomic E-state index is -4.86. The van der Waals surface area contributed by atoms with Gasteiger partial charge in [-0.3, -0.25) is 33.9 Å². The molecule has 0 spiro atoms. The summed E-state index contributed by atoms with van der Waals surface area (Å²) in [5, 5.41) is 31.9. The SMILES string of the molecule is CC(=O)[C@H](C)N(Cc1ccccc1)Cc1ccccc1.CON(C)C(=O)[C@H](C)N(Cc1ccccc1)Cc1ccccc1.C[C@H](N(Cc1ccccc1)Cc1ccccc1)[C@](C)(O)C(F)(F)F.C[C@H](N)[C@](C)(O)C(F)(F)F.C[C@H](NC(=O)c1c[nH]c2ncc(C3CC3)nc12)[C@](C)(O)C(F)(F)F.Cl. The molecular formula is C76H95ClF9N9O7. The van der Waals surface area contributed by atoms with E-state index < -0.39 is 59.4 Å². The maximum absolute atomic E-state index is 13.2. The molecule has 1 fully saturated rings. The van der Waals surface area contributed by atoms with Gasteiger partial charge in [-0.1, -0.05) is 182 Å². The number of carbonyl (C=O) groups excluding carboxylic acids is 3. The molecule has 0 radical (unpaired) electrons. The molecule has 2 amide bonds. The van der Waals surface area contributed by atoms with Crippen molar-refractivity contribution >= 4 is 41.2 Å². The molecule has 0 saturated heterocycles. The van der Waals surface area contributed by atoms with Gasteiger partial charge >= 0.3 is 18.5 Å². The van der Waals surface area contributed by atoms with Crippen LogP contribution >= 0.6 is 12.4 Å². The van der Waals surface area contributed by atoms with E-state index in [2.05, 4.69) is 78.6 Å². The first-order chi connectivity index (χ1) is 47.3. The van der Waals surface area contributed by atoms with Gasteiger partial charge in [-0.2, -0.15) is 39.5 Å². The number of hydrogen-bond donors (Lipinski definition) is 6. The number of likely N-dealkylation sites (N-methyl/N-ethyl adjacent to an activating group) is 1. The van der Waals surface area contributed by atoms with Gasteiger partial charge in [-0.25, -0.2) is 15.0 Å². The van der Waals surface area contributed by atoms with Crippen molar-refractivity contribution in [2.75, 3.05) is 14.2 Å². The fourth-order valence-electron chi connectivity index (χ4n) is 9.83. The number of rotatable bonds is 24. The number of nitrogens with two attached hydrogens (primary N) is 1. The number of aromatic nitrogens is 3. The summed E-state index contributed by atoms with van der Waals surface area (Å²) >= 11 is 0. The number of halogens is 10. The first kappa shape index (κ1) is 86.3. The standard InChI is InChI=1S/C19H22F3NO.C19H24N2O2.C18H21NO.C15H17F3N4O2.C5H10F3NO.ClH/c1-15(18(2,24)19(20,21)22)23(13-16-9-5-3-6-10-16)14-17-11-7-4-8-12-17;1-16(19(22)20(2)23-3)21(14-17-10-6-4-7-11-17)15-18-12-8-5-9-13-18;1-15(16(2)20)19(13-17-9-5-3-6-10-17)14-18-11-7-4-8-12-18;1-7(14(2,24)15(16,17)18)21-13(23)9-5-19-12-11(9)22-10(6-20-12)8-3-4-8;1-3(9)4(2,10)5(6,7)8;/h3-12,15,24H,13-14H2,1-2H3;4-13,16H,14-15H2,1-3H3;3-12,15H,13-14H2,1-2H3;5-8,24H,3-4H2,1-2H3,(H,19,20)(H,21,23);3,10H,9H2,1-2H3;1H/t15-,18-;16-;15-;7-,14-;3-,4-;/m00000./s1. The monoisotopic (exact) mass is 1450 g/mol. The first-order valence-corrected chi connectivity index (χ1v) is 32.9. The number of nitrogens with one attached hydrogen (secondary N) is 2. The minimum Gasteiger partial charge on any atom is -0.379 e. The summed E-state index contributed by atoms with van der Waals surface area (Å²) in [5.74, 6) is -0.269. The van der Waals surface area contributed by atoms with Gasteiger partial charge in [0.1, 0.15) is 11.3 Å². The molecule has 0 unspecified atom stereocenters. The lowest BCUT2D eigenvalue weighted by atomic mass is 9.94. The van der Waals surface area contributed by atoms with Gasteiger partial charge in [0.25, 0.3) is 11.8 Å². The number of hydroxylamine groups is 2. The molecule has 556 valence electrons. The first-order valence-electron chi connectivity index (χ1n) is 32.9. The number of aliphatic hydroxyl groups is 3. The van der Waals surface area contributed by atoms with Crippen molar-refractivity contribution in [1.82, 2.24) is 40.0 Å². The normalized spacial score (nSPS) is 15.6. The highest BCUT2D eigenvalue weighted by Gasteiger charge is 2.56. The molecule has 7 N–H and O–H groups in total.